The van der Waals surface area contributed by atoms with E-state index in [1.165, 1.54) is 13.2 Å². The first-order chi connectivity index (χ1) is 15.2. The minimum absolute atomic E-state index is 0.0104. The first-order valence-electron chi connectivity index (χ1n) is 9.87. The maximum absolute atomic E-state index is 12.8. The number of hydrogen-bond acceptors (Lipinski definition) is 7. The Morgan fingerprint density at radius 1 is 0.875 bits per heavy atom. The van der Waals surface area contributed by atoms with Gasteiger partial charge in [0, 0.05) is 11.6 Å². The third-order valence-corrected chi connectivity index (χ3v) is 5.03. The van der Waals surface area contributed by atoms with Gasteiger partial charge in [-0.3, -0.25) is 0 Å². The number of carbonyl (C=O) groups is 2. The van der Waals surface area contributed by atoms with Crippen LogP contribution in [0, 0.1) is 20.8 Å². The smallest absolute Gasteiger partial charge is 0.347 e. The molecule has 0 unspecified atom stereocenters. The fourth-order valence-electron chi connectivity index (χ4n) is 3.33. The number of hydrogen-bond donors (Lipinski definition) is 2. The molecule has 0 aromatic heterocycles. The summed E-state index contributed by atoms with van der Waals surface area (Å²) in [5, 5.41) is 20.8. The second-order valence-corrected chi connectivity index (χ2v) is 7.33. The van der Waals surface area contributed by atoms with Crippen LogP contribution < -0.4 is 9.47 Å². The predicted molar refractivity (Wildman–Crippen MR) is 117 cm³/mol. The lowest BCUT2D eigenvalue weighted by Crippen LogP contribution is -2.13. The highest BCUT2D eigenvalue weighted by Crippen LogP contribution is 2.35. The Kier molecular flexibility index (Phi) is 6.68. The van der Waals surface area contributed by atoms with Crippen LogP contribution in [0.25, 0.3) is 0 Å². The SMILES string of the molecule is COC(=O)c1c(C)cc(OC(=O)c2c(C)cc(OCc3ccccc3)c(C)c2O)cc1O. The Balaban J connectivity index is 1.84. The summed E-state index contributed by atoms with van der Waals surface area (Å²) in [6, 6.07) is 13.8. The van der Waals surface area contributed by atoms with Crippen molar-refractivity contribution in [3.8, 4) is 23.0 Å². The molecule has 0 heterocycles. The quantitative estimate of drug-likeness (QED) is 0.430. The van der Waals surface area contributed by atoms with E-state index in [0.29, 0.717) is 29.0 Å². The molecule has 0 saturated heterocycles. The molecule has 7 nitrogen and oxygen atoms in total. The highest BCUT2D eigenvalue weighted by Gasteiger charge is 2.23. The van der Waals surface area contributed by atoms with Gasteiger partial charge in [-0.25, -0.2) is 9.59 Å². The third kappa shape index (κ3) is 4.67. The van der Waals surface area contributed by atoms with Crippen LogP contribution in [0.4, 0.5) is 0 Å². The number of esters is 2. The van der Waals surface area contributed by atoms with Crippen LogP contribution in [-0.2, 0) is 11.3 Å². The van der Waals surface area contributed by atoms with Gasteiger partial charge in [-0.15, -0.1) is 0 Å². The second-order valence-electron chi connectivity index (χ2n) is 7.33. The second kappa shape index (κ2) is 9.43. The van der Waals surface area contributed by atoms with Crippen LogP contribution in [0.2, 0.25) is 0 Å². The summed E-state index contributed by atoms with van der Waals surface area (Å²) in [7, 11) is 1.20. The zero-order chi connectivity index (χ0) is 23.4. The van der Waals surface area contributed by atoms with Crippen molar-refractivity contribution in [1.29, 1.82) is 0 Å². The zero-order valence-corrected chi connectivity index (χ0v) is 18.3. The molecular formula is C25H24O7. The lowest BCUT2D eigenvalue weighted by molar-refractivity contribution is 0.0596. The van der Waals surface area contributed by atoms with Crippen molar-refractivity contribution in [3.05, 3.63) is 81.9 Å². The topological polar surface area (TPSA) is 102 Å². The Morgan fingerprint density at radius 2 is 1.53 bits per heavy atom. The van der Waals surface area contributed by atoms with Crippen molar-refractivity contribution >= 4 is 11.9 Å². The first-order valence-corrected chi connectivity index (χ1v) is 9.87. The van der Waals surface area contributed by atoms with E-state index in [-0.39, 0.29) is 28.4 Å². The zero-order valence-electron chi connectivity index (χ0n) is 18.3. The number of carbonyl (C=O) groups excluding carboxylic acids is 2. The molecule has 0 fully saturated rings. The standard InChI is InChI=1S/C25H24O7/c1-14-10-18(12-19(26)21(14)24(28)30-4)32-25(29)22-15(2)11-20(16(3)23(22)27)31-13-17-8-6-5-7-9-17/h5-12,26-27H,13H2,1-4H3. The van der Waals surface area contributed by atoms with E-state index in [1.807, 2.05) is 30.3 Å². The van der Waals surface area contributed by atoms with Crippen LogP contribution in [-0.4, -0.2) is 29.3 Å². The number of ether oxygens (including phenoxy) is 3. The Hall–Kier alpha value is -4.00. The molecule has 0 aliphatic rings. The fraction of sp³-hybridized carbons (Fsp3) is 0.200. The molecule has 0 saturated carbocycles. The Morgan fingerprint density at radius 3 is 2.16 bits per heavy atom. The van der Waals surface area contributed by atoms with Crippen molar-refractivity contribution in [1.82, 2.24) is 0 Å². The summed E-state index contributed by atoms with van der Waals surface area (Å²) >= 11 is 0. The van der Waals surface area contributed by atoms with Crippen LogP contribution in [0.3, 0.4) is 0 Å². The van der Waals surface area contributed by atoms with Crippen LogP contribution in [0.1, 0.15) is 43.0 Å². The van der Waals surface area contributed by atoms with Gasteiger partial charge < -0.3 is 24.4 Å². The van der Waals surface area contributed by atoms with Gasteiger partial charge in [0.1, 0.15) is 40.7 Å². The summed E-state index contributed by atoms with van der Waals surface area (Å²) in [6.45, 7) is 5.20. The molecule has 0 bridgehead atoms. The summed E-state index contributed by atoms with van der Waals surface area (Å²) in [6.07, 6.45) is 0. The summed E-state index contributed by atoms with van der Waals surface area (Å²) in [5.41, 5.74) is 2.19. The molecule has 7 heteroatoms. The molecule has 0 atom stereocenters. The van der Waals surface area contributed by atoms with Crippen LogP contribution in [0.15, 0.2) is 48.5 Å². The minimum Gasteiger partial charge on any atom is -0.507 e. The van der Waals surface area contributed by atoms with E-state index in [2.05, 4.69) is 4.74 Å². The molecule has 3 rings (SSSR count). The van der Waals surface area contributed by atoms with Gasteiger partial charge in [0.25, 0.3) is 0 Å². The molecule has 0 radical (unpaired) electrons. The van der Waals surface area contributed by atoms with E-state index in [4.69, 9.17) is 9.47 Å². The molecule has 3 aromatic carbocycles. The number of phenolic OH excluding ortho intramolecular Hbond substituents is 2. The van der Waals surface area contributed by atoms with E-state index in [0.717, 1.165) is 11.6 Å². The van der Waals surface area contributed by atoms with Gasteiger partial charge in [0.2, 0.25) is 0 Å². The molecule has 0 amide bonds. The average molecular weight is 436 g/mol. The lowest BCUT2D eigenvalue weighted by atomic mass is 10.0. The largest absolute Gasteiger partial charge is 0.507 e. The normalized spacial score (nSPS) is 10.5. The van der Waals surface area contributed by atoms with Gasteiger partial charge in [0.15, 0.2) is 0 Å². The van der Waals surface area contributed by atoms with Gasteiger partial charge in [-0.05, 0) is 49.6 Å². The van der Waals surface area contributed by atoms with Crippen LogP contribution in [0.5, 0.6) is 23.0 Å². The maximum atomic E-state index is 12.8. The monoisotopic (exact) mass is 436 g/mol. The third-order valence-electron chi connectivity index (χ3n) is 5.03. The molecule has 32 heavy (non-hydrogen) atoms. The van der Waals surface area contributed by atoms with Crippen molar-refractivity contribution in [2.24, 2.45) is 0 Å². The number of aromatic hydroxyl groups is 2. The number of phenols is 2. The van der Waals surface area contributed by atoms with Crippen LogP contribution >= 0.6 is 0 Å². The lowest BCUT2D eigenvalue weighted by Gasteiger charge is -2.16. The summed E-state index contributed by atoms with van der Waals surface area (Å²) < 4.78 is 15.8. The molecule has 166 valence electrons. The molecular weight excluding hydrogens is 412 g/mol. The number of rotatable bonds is 6. The molecule has 0 aliphatic heterocycles. The Labute approximate surface area is 185 Å². The van der Waals surface area contributed by atoms with Crippen molar-refractivity contribution < 1.29 is 34.0 Å². The van der Waals surface area contributed by atoms with Gasteiger partial charge in [-0.2, -0.15) is 0 Å². The molecule has 2 N–H and O–H groups in total. The molecule has 3 aromatic rings. The highest BCUT2D eigenvalue weighted by molar-refractivity contribution is 5.97. The minimum atomic E-state index is -0.803. The number of aryl methyl sites for hydroxylation is 2. The number of methoxy groups -OCH3 is 1. The van der Waals surface area contributed by atoms with Gasteiger partial charge >= 0.3 is 11.9 Å². The van der Waals surface area contributed by atoms with Crippen molar-refractivity contribution in [3.63, 3.8) is 0 Å². The number of benzene rings is 3. The fourth-order valence-corrected chi connectivity index (χ4v) is 3.33. The van der Waals surface area contributed by atoms with Crippen molar-refractivity contribution in [2.75, 3.05) is 7.11 Å². The highest BCUT2D eigenvalue weighted by atomic mass is 16.5. The average Bonchev–Trinajstić information content (AvgIpc) is 2.75. The Bertz CT molecular complexity index is 1140. The predicted octanol–water partition coefficient (Wildman–Crippen LogP) is 4.61. The van der Waals surface area contributed by atoms with Crippen molar-refractivity contribution in [2.45, 2.75) is 27.4 Å². The van der Waals surface area contributed by atoms with E-state index in [1.54, 1.807) is 26.8 Å². The van der Waals surface area contributed by atoms with E-state index >= 15 is 0 Å². The van der Waals surface area contributed by atoms with E-state index in [9.17, 15) is 19.8 Å². The van der Waals surface area contributed by atoms with Gasteiger partial charge in [0.05, 0.1) is 7.11 Å². The first kappa shape index (κ1) is 22.7. The maximum Gasteiger partial charge on any atom is 0.347 e. The van der Waals surface area contributed by atoms with E-state index < -0.39 is 11.9 Å². The molecule has 0 spiro atoms. The summed E-state index contributed by atoms with van der Waals surface area (Å²) in [5.74, 6) is -1.64. The molecule has 0 aliphatic carbocycles. The van der Waals surface area contributed by atoms with Gasteiger partial charge in [-0.1, -0.05) is 30.3 Å². The summed E-state index contributed by atoms with van der Waals surface area (Å²) in [4.78, 5) is 24.6.